The fraction of sp³-hybridized carbons (Fsp3) is 0. The van der Waals surface area contributed by atoms with Gasteiger partial charge in [0.25, 0.3) is 0 Å². The van der Waals surface area contributed by atoms with Crippen molar-refractivity contribution < 1.29 is 26.3 Å². The van der Waals surface area contributed by atoms with Crippen LogP contribution in [0.5, 0.6) is 0 Å². The lowest BCUT2D eigenvalue weighted by atomic mass is 10.0. The Hall–Kier alpha value is -3.50. The number of fused-ring (bicyclic) bond motifs is 3. The van der Waals surface area contributed by atoms with Gasteiger partial charge in [-0.15, -0.1) is 0 Å². The molecule has 0 heterocycles. The zero-order valence-electron chi connectivity index (χ0n) is 17.4. The highest BCUT2D eigenvalue weighted by Gasteiger charge is 2.36. The van der Waals surface area contributed by atoms with Crippen LogP contribution in [-0.2, 0) is 0 Å². The summed E-state index contributed by atoms with van der Waals surface area (Å²) in [5, 5.41) is 1.28. The lowest BCUT2D eigenvalue weighted by Crippen LogP contribution is -2.34. The average molecular weight is 484 g/mol. The molecule has 0 aliphatic carbocycles. The molecule has 0 amide bonds. The van der Waals surface area contributed by atoms with Gasteiger partial charge in [-0.25, -0.2) is 26.3 Å². The second-order valence-electron chi connectivity index (χ2n) is 7.91. The molecule has 0 saturated carbocycles. The first-order chi connectivity index (χ1) is 16.2. The summed E-state index contributed by atoms with van der Waals surface area (Å²) in [6.07, 6.45) is 4.05. The predicted octanol–water partition coefficient (Wildman–Crippen LogP) is 6.55. The van der Waals surface area contributed by atoms with Gasteiger partial charge in [-0.3, -0.25) is 0 Å². The number of hydrogen-bond acceptors (Lipinski definition) is 0. The second-order valence-corrected chi connectivity index (χ2v) is 10.9. The van der Waals surface area contributed by atoms with Crippen LogP contribution in [0.15, 0.2) is 78.9 Å². The van der Waals surface area contributed by atoms with Gasteiger partial charge in [-0.1, -0.05) is 54.8 Å². The van der Waals surface area contributed by atoms with Crippen LogP contribution in [0.3, 0.4) is 0 Å². The molecule has 0 unspecified atom stereocenters. The fourth-order valence-corrected chi connectivity index (χ4v) is 7.89. The summed E-state index contributed by atoms with van der Waals surface area (Å²) in [6, 6.07) is 17.4. The van der Waals surface area contributed by atoms with E-state index < -0.39 is 52.4 Å². The predicted molar refractivity (Wildman–Crippen MR) is 127 cm³/mol. The summed E-state index contributed by atoms with van der Waals surface area (Å²) in [4.78, 5) is 0. The van der Waals surface area contributed by atoms with Gasteiger partial charge in [0.1, 0.15) is 34.9 Å². The van der Waals surface area contributed by atoms with Crippen LogP contribution in [-0.4, -0.2) is 6.30 Å². The van der Waals surface area contributed by atoms with Crippen LogP contribution < -0.4 is 15.9 Å². The Labute approximate surface area is 191 Å². The highest BCUT2D eigenvalue weighted by molar-refractivity contribution is 7.93. The van der Waals surface area contributed by atoms with Gasteiger partial charge in [0.2, 0.25) is 0 Å². The summed E-state index contributed by atoms with van der Waals surface area (Å²) < 4.78 is 88.5. The van der Waals surface area contributed by atoms with E-state index in [1.165, 1.54) is 0 Å². The summed E-state index contributed by atoms with van der Waals surface area (Å²) in [5.41, 5.74) is 0. The number of halogens is 6. The van der Waals surface area contributed by atoms with Crippen LogP contribution in [0.25, 0.3) is 21.5 Å². The van der Waals surface area contributed by atoms with E-state index >= 15 is 17.6 Å². The highest BCUT2D eigenvalue weighted by atomic mass is 31.2. The molecule has 0 bridgehead atoms. The Morgan fingerprint density at radius 3 is 1.41 bits per heavy atom. The minimum Gasteiger partial charge on any atom is -0.207 e. The topological polar surface area (TPSA) is 0 Å². The maximum Gasteiger partial charge on any atom is 0.137 e. The third kappa shape index (κ3) is 3.33. The van der Waals surface area contributed by atoms with E-state index in [4.69, 9.17) is 0 Å². The van der Waals surface area contributed by atoms with Crippen molar-refractivity contribution in [2.45, 2.75) is 0 Å². The maximum atomic E-state index is 15.2. The molecule has 170 valence electrons. The molecular weight excluding hydrogens is 469 g/mol. The van der Waals surface area contributed by atoms with Crippen molar-refractivity contribution in [3.63, 3.8) is 0 Å². The normalized spacial score (nSPS) is 11.9. The first-order valence-electron chi connectivity index (χ1n) is 10.2. The SMILES string of the molecule is C=P(c1c(F)cc(F)cc1F)(c1c(F)cc(F)cc1F)c1cc2ccccc2c2ccccc12. The molecular formula is C27H15F6P. The molecule has 0 radical (unpaired) electrons. The Bertz CT molecular complexity index is 1550. The molecule has 0 nitrogen and oxygen atoms in total. The lowest BCUT2D eigenvalue weighted by Gasteiger charge is -2.29. The van der Waals surface area contributed by atoms with E-state index in [1.807, 2.05) is 12.1 Å². The van der Waals surface area contributed by atoms with E-state index in [0.717, 1.165) is 5.39 Å². The lowest BCUT2D eigenvalue weighted by molar-refractivity contribution is 0.552. The van der Waals surface area contributed by atoms with Crippen LogP contribution in [0.4, 0.5) is 26.3 Å². The van der Waals surface area contributed by atoms with Crippen molar-refractivity contribution in [2.24, 2.45) is 0 Å². The molecule has 5 aromatic carbocycles. The summed E-state index contributed by atoms with van der Waals surface area (Å²) >= 11 is 0. The molecule has 0 spiro atoms. The van der Waals surface area contributed by atoms with Gasteiger partial charge in [-0.05, 0) is 39.8 Å². The number of benzene rings is 5. The number of hydrogen-bond donors (Lipinski definition) is 0. The van der Waals surface area contributed by atoms with Crippen molar-refractivity contribution in [3.05, 3.63) is 114 Å². The summed E-state index contributed by atoms with van der Waals surface area (Å²) in [6.45, 7) is -4.05. The summed E-state index contributed by atoms with van der Waals surface area (Å²) in [5.74, 6) is -7.70. The van der Waals surface area contributed by atoms with E-state index in [2.05, 4.69) is 6.30 Å². The number of rotatable bonds is 3. The molecule has 0 aliphatic heterocycles. The Morgan fingerprint density at radius 1 is 0.500 bits per heavy atom. The van der Waals surface area contributed by atoms with Gasteiger partial charge in [-0.2, -0.15) is 0 Å². The van der Waals surface area contributed by atoms with Crippen LogP contribution in [0, 0.1) is 34.9 Å². The first-order valence-corrected chi connectivity index (χ1v) is 12.1. The van der Waals surface area contributed by atoms with Crippen molar-refractivity contribution in [3.8, 4) is 0 Å². The van der Waals surface area contributed by atoms with Crippen LogP contribution in [0.1, 0.15) is 0 Å². The van der Waals surface area contributed by atoms with Gasteiger partial charge >= 0.3 is 0 Å². The molecule has 0 aliphatic rings. The first kappa shape index (κ1) is 22.3. The van der Waals surface area contributed by atoms with E-state index in [9.17, 15) is 8.78 Å². The summed E-state index contributed by atoms with van der Waals surface area (Å²) in [7, 11) is 0. The largest absolute Gasteiger partial charge is 0.207 e. The van der Waals surface area contributed by atoms with Crippen LogP contribution >= 0.6 is 6.89 Å². The third-order valence-electron chi connectivity index (χ3n) is 5.88. The average Bonchev–Trinajstić information content (AvgIpc) is 2.77. The molecule has 0 fully saturated rings. The van der Waals surface area contributed by atoms with E-state index in [0.29, 0.717) is 40.4 Å². The molecule has 0 N–H and O–H groups in total. The van der Waals surface area contributed by atoms with Gasteiger partial charge < -0.3 is 0 Å². The van der Waals surface area contributed by atoms with Gasteiger partial charge in [0.05, 0.1) is 10.6 Å². The van der Waals surface area contributed by atoms with Gasteiger partial charge in [0.15, 0.2) is 0 Å². The minimum absolute atomic E-state index is 0.176. The molecule has 0 aromatic heterocycles. The zero-order valence-corrected chi connectivity index (χ0v) is 18.3. The van der Waals surface area contributed by atoms with Crippen molar-refractivity contribution in [1.29, 1.82) is 0 Å². The molecule has 0 atom stereocenters. The van der Waals surface area contributed by atoms with Crippen LogP contribution in [0.2, 0.25) is 0 Å². The van der Waals surface area contributed by atoms with E-state index in [-0.39, 0.29) is 5.30 Å². The van der Waals surface area contributed by atoms with Crippen molar-refractivity contribution >= 4 is 50.6 Å². The standard InChI is InChI=1S/C27H15F6P/c1-34(26-21(30)11-16(28)12-22(26)31,27-23(32)13-17(29)14-24(27)33)25-10-15-6-2-3-7-18(15)19-8-4-5-9-20(19)25/h2-14H,1H2. The smallest absolute Gasteiger partial charge is 0.137 e. The Balaban J connectivity index is 2.04. The van der Waals surface area contributed by atoms with E-state index in [1.54, 1.807) is 42.5 Å². The Morgan fingerprint density at radius 2 is 0.912 bits per heavy atom. The maximum absolute atomic E-state index is 15.2. The Kier molecular flexibility index (Phi) is 5.29. The van der Waals surface area contributed by atoms with Gasteiger partial charge in [0, 0.05) is 24.3 Å². The molecule has 5 rings (SSSR count). The third-order valence-corrected chi connectivity index (χ3v) is 9.46. The molecule has 0 saturated heterocycles. The quantitative estimate of drug-likeness (QED) is 0.155. The monoisotopic (exact) mass is 484 g/mol. The van der Waals surface area contributed by atoms with Crippen molar-refractivity contribution in [1.82, 2.24) is 0 Å². The van der Waals surface area contributed by atoms with Crippen molar-refractivity contribution in [2.75, 3.05) is 0 Å². The minimum atomic E-state index is -4.05. The highest BCUT2D eigenvalue weighted by Crippen LogP contribution is 2.48. The molecule has 34 heavy (non-hydrogen) atoms. The molecule has 7 heteroatoms. The second kappa shape index (κ2) is 8.07. The zero-order chi connectivity index (χ0) is 24.2. The fourth-order valence-electron chi connectivity index (χ4n) is 4.50. The molecule has 5 aromatic rings.